The Balaban J connectivity index is 1.42. The SMILES string of the molecule is CS(=O)(=O)OCc1cnn(-c2ncc(NC(=O)c3cnn(-c4cccc5ncccc45)c3C(F)(F)F)cc2Cl)n1. The first-order valence-corrected chi connectivity index (χ1v) is 13.3. The van der Waals surface area contributed by atoms with Crippen molar-refractivity contribution in [1.29, 1.82) is 0 Å². The molecule has 0 spiro atoms. The molecule has 0 bridgehead atoms. The zero-order valence-electron chi connectivity index (χ0n) is 20.2. The van der Waals surface area contributed by atoms with E-state index in [0.29, 0.717) is 15.6 Å². The molecule has 5 rings (SSSR count). The van der Waals surface area contributed by atoms with Crippen molar-refractivity contribution >= 4 is 44.2 Å². The number of halogens is 4. The summed E-state index contributed by atoms with van der Waals surface area (Å²) in [7, 11) is -3.70. The third-order valence-electron chi connectivity index (χ3n) is 5.36. The summed E-state index contributed by atoms with van der Waals surface area (Å²) in [5, 5.41) is 14.5. The normalized spacial score (nSPS) is 12.1. The standard InChI is InChI=1S/C23H16ClF3N8O4S/c1-40(37,38)39-12-14-10-31-35(33-14)21-17(24)8-13(9-29-21)32-22(36)16-11-30-34(20(16)23(25,26)27)19-6-2-5-18-15(19)4-3-7-28-18/h2-11H,12H2,1H3,(H,32,36). The van der Waals surface area contributed by atoms with Gasteiger partial charge < -0.3 is 5.32 Å². The van der Waals surface area contributed by atoms with Crippen molar-refractivity contribution in [2.45, 2.75) is 12.8 Å². The van der Waals surface area contributed by atoms with E-state index in [1.807, 2.05) is 0 Å². The van der Waals surface area contributed by atoms with E-state index < -0.39 is 33.5 Å². The van der Waals surface area contributed by atoms with E-state index >= 15 is 0 Å². The fraction of sp³-hybridized carbons (Fsp3) is 0.130. The smallest absolute Gasteiger partial charge is 0.320 e. The van der Waals surface area contributed by atoms with Gasteiger partial charge in [-0.05, 0) is 30.3 Å². The third-order valence-corrected chi connectivity index (χ3v) is 6.19. The molecule has 40 heavy (non-hydrogen) atoms. The van der Waals surface area contributed by atoms with Crippen LogP contribution in [0.4, 0.5) is 18.9 Å². The first-order chi connectivity index (χ1) is 18.9. The highest BCUT2D eigenvalue weighted by molar-refractivity contribution is 7.85. The van der Waals surface area contributed by atoms with E-state index in [4.69, 9.17) is 11.6 Å². The van der Waals surface area contributed by atoms with Gasteiger partial charge in [0.05, 0.1) is 52.3 Å². The summed E-state index contributed by atoms with van der Waals surface area (Å²) in [5.41, 5.74) is -1.29. The fourth-order valence-electron chi connectivity index (χ4n) is 3.72. The molecule has 206 valence electrons. The summed E-state index contributed by atoms with van der Waals surface area (Å²) in [6, 6.07) is 9.05. The largest absolute Gasteiger partial charge is 0.434 e. The molecule has 5 aromatic rings. The lowest BCUT2D eigenvalue weighted by atomic mass is 10.1. The molecular weight excluding hydrogens is 577 g/mol. The lowest BCUT2D eigenvalue weighted by Crippen LogP contribution is -2.21. The second-order valence-corrected chi connectivity index (χ2v) is 10.3. The molecule has 4 aromatic heterocycles. The Labute approximate surface area is 228 Å². The van der Waals surface area contributed by atoms with Gasteiger partial charge in [-0.2, -0.15) is 31.8 Å². The Bertz CT molecular complexity index is 1850. The summed E-state index contributed by atoms with van der Waals surface area (Å²) in [6.45, 7) is -0.366. The Morgan fingerprint density at radius 2 is 1.90 bits per heavy atom. The summed E-state index contributed by atoms with van der Waals surface area (Å²) >= 11 is 6.25. The molecule has 0 radical (unpaired) electrons. The van der Waals surface area contributed by atoms with Crippen molar-refractivity contribution in [2.75, 3.05) is 11.6 Å². The molecular formula is C23H16ClF3N8O4S. The fourth-order valence-corrected chi connectivity index (χ4v) is 4.29. The average molecular weight is 593 g/mol. The number of amides is 1. The molecule has 4 heterocycles. The van der Waals surface area contributed by atoms with Crippen molar-refractivity contribution in [3.63, 3.8) is 0 Å². The number of rotatable bonds is 7. The van der Waals surface area contributed by atoms with Crippen LogP contribution in [0.2, 0.25) is 5.02 Å². The highest BCUT2D eigenvalue weighted by Crippen LogP contribution is 2.35. The van der Waals surface area contributed by atoms with Crippen LogP contribution in [-0.2, 0) is 27.1 Å². The number of hydrogen-bond donors (Lipinski definition) is 1. The maximum Gasteiger partial charge on any atom is 0.434 e. The number of anilines is 1. The molecule has 0 aliphatic rings. The predicted octanol–water partition coefficient (Wildman–Crippen LogP) is 3.80. The lowest BCUT2D eigenvalue weighted by molar-refractivity contribution is -0.143. The number of nitrogens with one attached hydrogen (secondary N) is 1. The number of alkyl halides is 3. The Morgan fingerprint density at radius 1 is 1.10 bits per heavy atom. The van der Waals surface area contributed by atoms with Gasteiger partial charge in [-0.3, -0.25) is 14.0 Å². The summed E-state index contributed by atoms with van der Waals surface area (Å²) in [5.74, 6) is -1.08. The van der Waals surface area contributed by atoms with E-state index in [-0.39, 0.29) is 34.5 Å². The molecule has 0 unspecified atom stereocenters. The third kappa shape index (κ3) is 5.63. The van der Waals surface area contributed by atoms with E-state index in [1.165, 1.54) is 30.6 Å². The van der Waals surface area contributed by atoms with Crippen LogP contribution in [0.25, 0.3) is 22.4 Å². The second-order valence-electron chi connectivity index (χ2n) is 8.24. The Hall–Kier alpha value is -4.41. The number of aromatic nitrogens is 7. The maximum absolute atomic E-state index is 14.2. The van der Waals surface area contributed by atoms with Crippen LogP contribution in [0.15, 0.2) is 61.2 Å². The number of carbonyl (C=O) groups is 1. The zero-order valence-corrected chi connectivity index (χ0v) is 21.7. The number of benzene rings is 1. The van der Waals surface area contributed by atoms with Crippen molar-refractivity contribution in [3.8, 4) is 11.5 Å². The van der Waals surface area contributed by atoms with Crippen LogP contribution in [0.3, 0.4) is 0 Å². The lowest BCUT2D eigenvalue weighted by Gasteiger charge is -2.14. The van der Waals surface area contributed by atoms with Crippen LogP contribution < -0.4 is 5.32 Å². The Morgan fingerprint density at radius 3 is 2.62 bits per heavy atom. The van der Waals surface area contributed by atoms with Crippen molar-refractivity contribution in [2.24, 2.45) is 0 Å². The Kier molecular flexibility index (Phi) is 6.99. The minimum absolute atomic E-state index is 0.0122. The predicted molar refractivity (Wildman–Crippen MR) is 136 cm³/mol. The van der Waals surface area contributed by atoms with Gasteiger partial charge in [0.25, 0.3) is 16.0 Å². The van der Waals surface area contributed by atoms with Crippen LogP contribution in [-0.4, -0.2) is 55.3 Å². The number of hydrogen-bond acceptors (Lipinski definition) is 9. The zero-order chi connectivity index (χ0) is 28.7. The quantitative estimate of drug-likeness (QED) is 0.279. The van der Waals surface area contributed by atoms with Gasteiger partial charge in [0.2, 0.25) is 0 Å². The molecule has 12 nitrogen and oxygen atoms in total. The van der Waals surface area contributed by atoms with Crippen LogP contribution >= 0.6 is 11.6 Å². The molecule has 0 saturated carbocycles. The molecule has 17 heteroatoms. The van der Waals surface area contributed by atoms with E-state index in [9.17, 15) is 26.4 Å². The van der Waals surface area contributed by atoms with Gasteiger partial charge in [-0.25, -0.2) is 9.67 Å². The number of carbonyl (C=O) groups excluding carboxylic acids is 1. The van der Waals surface area contributed by atoms with E-state index in [0.717, 1.165) is 23.4 Å². The number of nitrogens with zero attached hydrogens (tertiary/aromatic N) is 7. The number of fused-ring (bicyclic) bond motifs is 1. The van der Waals surface area contributed by atoms with Crippen LogP contribution in [0, 0.1) is 0 Å². The van der Waals surface area contributed by atoms with Gasteiger partial charge in [0.1, 0.15) is 12.3 Å². The maximum atomic E-state index is 14.2. The molecule has 0 fully saturated rings. The van der Waals surface area contributed by atoms with Gasteiger partial charge in [0.15, 0.2) is 11.5 Å². The topological polar surface area (TPSA) is 147 Å². The number of pyridine rings is 2. The van der Waals surface area contributed by atoms with Crippen molar-refractivity contribution in [3.05, 3.63) is 83.2 Å². The average Bonchev–Trinajstić information content (AvgIpc) is 3.55. The molecule has 1 aromatic carbocycles. The van der Waals surface area contributed by atoms with Crippen molar-refractivity contribution in [1.82, 2.24) is 34.7 Å². The highest BCUT2D eigenvalue weighted by atomic mass is 35.5. The minimum Gasteiger partial charge on any atom is -0.320 e. The molecule has 1 amide bonds. The van der Waals surface area contributed by atoms with Crippen LogP contribution in [0.5, 0.6) is 0 Å². The molecule has 0 saturated heterocycles. The summed E-state index contributed by atoms with van der Waals surface area (Å²) < 4.78 is 70.2. The van der Waals surface area contributed by atoms with Gasteiger partial charge in [0, 0.05) is 11.6 Å². The van der Waals surface area contributed by atoms with Gasteiger partial charge >= 0.3 is 6.18 Å². The van der Waals surface area contributed by atoms with Gasteiger partial charge in [-0.1, -0.05) is 17.7 Å². The molecule has 0 aliphatic heterocycles. The van der Waals surface area contributed by atoms with Crippen LogP contribution in [0.1, 0.15) is 21.7 Å². The summed E-state index contributed by atoms with van der Waals surface area (Å²) in [4.78, 5) is 22.2. The highest BCUT2D eigenvalue weighted by Gasteiger charge is 2.41. The first kappa shape index (κ1) is 27.2. The van der Waals surface area contributed by atoms with E-state index in [1.54, 1.807) is 18.2 Å². The molecule has 1 N–H and O–H groups in total. The molecule has 0 atom stereocenters. The van der Waals surface area contributed by atoms with E-state index in [2.05, 4.69) is 34.8 Å². The summed E-state index contributed by atoms with van der Waals surface area (Å²) in [6.07, 6.45) is 0.664. The molecule has 0 aliphatic carbocycles. The van der Waals surface area contributed by atoms with Gasteiger partial charge in [-0.15, -0.1) is 9.90 Å². The first-order valence-electron chi connectivity index (χ1n) is 11.1. The minimum atomic E-state index is -4.93. The monoisotopic (exact) mass is 592 g/mol. The second kappa shape index (κ2) is 10.3. The van der Waals surface area contributed by atoms with Crippen molar-refractivity contribution < 1.29 is 30.6 Å².